The van der Waals surface area contributed by atoms with Gasteiger partial charge in [-0.15, -0.1) is 0 Å². The van der Waals surface area contributed by atoms with Crippen LogP contribution in [0.15, 0.2) is 48.5 Å². The molecule has 0 spiro atoms. The fourth-order valence-corrected chi connectivity index (χ4v) is 3.96. The van der Waals surface area contributed by atoms with Crippen LogP contribution < -0.4 is 15.5 Å². The molecule has 1 unspecified atom stereocenters. The molecule has 2 fully saturated rings. The van der Waals surface area contributed by atoms with Gasteiger partial charge < -0.3 is 20.3 Å². The summed E-state index contributed by atoms with van der Waals surface area (Å²) in [5.41, 5.74) is 1.94. The number of hydrogen-bond acceptors (Lipinski definition) is 5. The molecule has 0 radical (unpaired) electrons. The fraction of sp³-hybridized carbons (Fsp3) is 0.348. The zero-order valence-electron chi connectivity index (χ0n) is 17.6. The summed E-state index contributed by atoms with van der Waals surface area (Å²) in [6, 6.07) is 13.8. The third-order valence-electron chi connectivity index (χ3n) is 5.57. The number of benzene rings is 2. The normalized spacial score (nSPS) is 19.1. The van der Waals surface area contributed by atoms with E-state index >= 15 is 0 Å². The van der Waals surface area contributed by atoms with Gasteiger partial charge in [-0.3, -0.25) is 19.3 Å². The second-order valence-corrected chi connectivity index (χ2v) is 8.25. The number of hydrogen-bond donors (Lipinski definition) is 2. The van der Waals surface area contributed by atoms with Crippen LogP contribution in [0, 0.1) is 5.92 Å². The first-order valence-corrected chi connectivity index (χ1v) is 11.0. The summed E-state index contributed by atoms with van der Waals surface area (Å²) in [6.45, 7) is 3.56. The van der Waals surface area contributed by atoms with Crippen molar-refractivity contribution in [1.29, 1.82) is 0 Å². The number of nitrogens with zero attached hydrogens (tertiary/aromatic N) is 2. The topological polar surface area (TPSA) is 91.0 Å². The van der Waals surface area contributed by atoms with E-state index in [1.54, 1.807) is 53.4 Å². The van der Waals surface area contributed by atoms with Crippen molar-refractivity contribution in [2.75, 3.05) is 54.9 Å². The monoisotopic (exact) mass is 456 g/mol. The lowest BCUT2D eigenvalue weighted by atomic mass is 10.1. The highest BCUT2D eigenvalue weighted by atomic mass is 35.5. The van der Waals surface area contributed by atoms with Gasteiger partial charge in [-0.05, 0) is 55.0 Å². The lowest BCUT2D eigenvalue weighted by Gasteiger charge is -2.25. The summed E-state index contributed by atoms with van der Waals surface area (Å²) in [7, 11) is 0. The van der Waals surface area contributed by atoms with Gasteiger partial charge in [0, 0.05) is 41.7 Å². The predicted molar refractivity (Wildman–Crippen MR) is 123 cm³/mol. The molecular weight excluding hydrogens is 432 g/mol. The highest BCUT2D eigenvalue weighted by Gasteiger charge is 2.37. The molecule has 2 heterocycles. The third kappa shape index (κ3) is 5.45. The molecule has 2 aromatic carbocycles. The Kier molecular flexibility index (Phi) is 7.04. The molecule has 2 aliphatic rings. The van der Waals surface area contributed by atoms with Crippen molar-refractivity contribution in [2.45, 2.75) is 6.42 Å². The summed E-state index contributed by atoms with van der Waals surface area (Å²) in [6.07, 6.45) is 0.447. The molecule has 2 aliphatic heterocycles. The van der Waals surface area contributed by atoms with Crippen molar-refractivity contribution in [1.82, 2.24) is 4.90 Å². The van der Waals surface area contributed by atoms with Gasteiger partial charge in [0.05, 0.1) is 19.8 Å². The Morgan fingerprint density at radius 3 is 2.22 bits per heavy atom. The molecule has 4 rings (SSSR count). The SMILES string of the molecule is O=C(CN1CCOCC1)Nc1ccc(NC(=O)C2CCN(c3ccc(Cl)cc3)C2=O)cc1. The van der Waals surface area contributed by atoms with E-state index in [0.29, 0.717) is 49.1 Å². The van der Waals surface area contributed by atoms with Gasteiger partial charge in [0.15, 0.2) is 0 Å². The summed E-state index contributed by atoms with van der Waals surface area (Å²) < 4.78 is 5.28. The predicted octanol–water partition coefficient (Wildman–Crippen LogP) is 2.60. The summed E-state index contributed by atoms with van der Waals surface area (Å²) >= 11 is 5.91. The molecule has 0 saturated carbocycles. The first-order chi connectivity index (χ1) is 15.5. The molecule has 0 aliphatic carbocycles. The maximum atomic E-state index is 12.7. The van der Waals surface area contributed by atoms with Crippen molar-refractivity contribution in [3.63, 3.8) is 0 Å². The van der Waals surface area contributed by atoms with Crippen LogP contribution in [-0.4, -0.2) is 62.0 Å². The zero-order chi connectivity index (χ0) is 22.5. The van der Waals surface area contributed by atoms with E-state index in [2.05, 4.69) is 10.6 Å². The molecule has 8 nitrogen and oxygen atoms in total. The largest absolute Gasteiger partial charge is 0.379 e. The second-order valence-electron chi connectivity index (χ2n) is 7.81. The van der Waals surface area contributed by atoms with Gasteiger partial charge in [0.1, 0.15) is 5.92 Å². The molecule has 168 valence electrons. The lowest BCUT2D eigenvalue weighted by molar-refractivity contribution is -0.129. The van der Waals surface area contributed by atoms with E-state index < -0.39 is 5.92 Å². The summed E-state index contributed by atoms with van der Waals surface area (Å²) in [5.74, 6) is -1.39. The third-order valence-corrected chi connectivity index (χ3v) is 5.82. The minimum Gasteiger partial charge on any atom is -0.379 e. The number of carbonyl (C=O) groups is 3. The van der Waals surface area contributed by atoms with Crippen LogP contribution in [0.5, 0.6) is 0 Å². The van der Waals surface area contributed by atoms with Crippen LogP contribution in [0.3, 0.4) is 0 Å². The number of anilines is 3. The van der Waals surface area contributed by atoms with E-state index in [-0.39, 0.29) is 17.7 Å². The van der Waals surface area contributed by atoms with Crippen molar-refractivity contribution in [3.8, 4) is 0 Å². The van der Waals surface area contributed by atoms with Crippen LogP contribution in [0.4, 0.5) is 17.1 Å². The summed E-state index contributed by atoms with van der Waals surface area (Å²) in [4.78, 5) is 41.3. The standard InChI is InChI=1S/C23H25ClN4O4/c24-16-1-7-19(8-2-16)28-10-9-20(23(28)31)22(30)26-18-5-3-17(4-6-18)25-21(29)15-27-11-13-32-14-12-27/h1-8,20H,9-15H2,(H,25,29)(H,26,30). The van der Waals surface area contributed by atoms with E-state index in [9.17, 15) is 14.4 Å². The van der Waals surface area contributed by atoms with Gasteiger partial charge in [0.2, 0.25) is 17.7 Å². The summed E-state index contributed by atoms with van der Waals surface area (Å²) in [5, 5.41) is 6.25. The number of morpholine rings is 1. The minimum absolute atomic E-state index is 0.0949. The van der Waals surface area contributed by atoms with Crippen LogP contribution in [0.2, 0.25) is 5.02 Å². The van der Waals surface area contributed by atoms with Gasteiger partial charge in [0.25, 0.3) is 0 Å². The van der Waals surface area contributed by atoms with Gasteiger partial charge in [-0.2, -0.15) is 0 Å². The van der Waals surface area contributed by atoms with E-state index in [0.717, 1.165) is 18.8 Å². The number of halogens is 1. The van der Waals surface area contributed by atoms with Gasteiger partial charge in [-0.1, -0.05) is 11.6 Å². The Balaban J connectivity index is 1.29. The Morgan fingerprint density at radius 1 is 0.938 bits per heavy atom. The highest BCUT2D eigenvalue weighted by molar-refractivity contribution is 6.30. The average molecular weight is 457 g/mol. The lowest BCUT2D eigenvalue weighted by Crippen LogP contribution is -2.41. The number of ether oxygens (including phenoxy) is 1. The number of amides is 3. The highest BCUT2D eigenvalue weighted by Crippen LogP contribution is 2.27. The van der Waals surface area contributed by atoms with Crippen LogP contribution in [0.25, 0.3) is 0 Å². The fourth-order valence-electron chi connectivity index (χ4n) is 3.83. The van der Waals surface area contributed by atoms with Crippen LogP contribution in [-0.2, 0) is 19.1 Å². The molecule has 32 heavy (non-hydrogen) atoms. The van der Waals surface area contributed by atoms with Gasteiger partial charge >= 0.3 is 0 Å². The van der Waals surface area contributed by atoms with Crippen molar-refractivity contribution < 1.29 is 19.1 Å². The smallest absolute Gasteiger partial charge is 0.239 e. The molecule has 9 heteroatoms. The van der Waals surface area contributed by atoms with Gasteiger partial charge in [-0.25, -0.2) is 0 Å². The Hall–Kier alpha value is -2.94. The van der Waals surface area contributed by atoms with E-state index in [4.69, 9.17) is 16.3 Å². The number of rotatable bonds is 6. The molecule has 2 saturated heterocycles. The minimum atomic E-state index is -0.737. The van der Waals surface area contributed by atoms with Crippen molar-refractivity contribution in [3.05, 3.63) is 53.6 Å². The van der Waals surface area contributed by atoms with E-state index in [1.165, 1.54) is 0 Å². The molecule has 1 atom stereocenters. The average Bonchev–Trinajstić information content (AvgIpc) is 3.18. The quantitative estimate of drug-likeness (QED) is 0.652. The molecule has 2 N–H and O–H groups in total. The second kappa shape index (κ2) is 10.1. The zero-order valence-corrected chi connectivity index (χ0v) is 18.3. The number of nitrogens with one attached hydrogen (secondary N) is 2. The number of carbonyl (C=O) groups excluding carboxylic acids is 3. The Bertz CT molecular complexity index is 974. The molecular formula is C23H25ClN4O4. The molecule has 0 aromatic heterocycles. The van der Waals surface area contributed by atoms with Crippen molar-refractivity contribution in [2.24, 2.45) is 5.92 Å². The molecule has 2 aromatic rings. The van der Waals surface area contributed by atoms with E-state index in [1.807, 2.05) is 4.90 Å². The first kappa shape index (κ1) is 22.3. The Labute approximate surface area is 191 Å². The molecule has 0 bridgehead atoms. The van der Waals surface area contributed by atoms with Crippen LogP contribution >= 0.6 is 11.6 Å². The first-order valence-electron chi connectivity index (χ1n) is 10.6. The van der Waals surface area contributed by atoms with Crippen molar-refractivity contribution >= 4 is 46.4 Å². The maximum absolute atomic E-state index is 12.7. The maximum Gasteiger partial charge on any atom is 0.239 e. The molecule has 3 amide bonds. The van der Waals surface area contributed by atoms with Crippen LogP contribution in [0.1, 0.15) is 6.42 Å². The Morgan fingerprint density at radius 2 is 1.56 bits per heavy atom.